The number of nitrogens with zero attached hydrogens (tertiary/aromatic N) is 2. The maximum Gasteiger partial charge on any atom is 0.244 e. The van der Waals surface area contributed by atoms with E-state index in [-0.39, 0.29) is 18.5 Å². The van der Waals surface area contributed by atoms with Gasteiger partial charge in [0.05, 0.1) is 11.9 Å². The van der Waals surface area contributed by atoms with Gasteiger partial charge in [0.15, 0.2) is 0 Å². The lowest BCUT2D eigenvalue weighted by molar-refractivity contribution is -0.139. The van der Waals surface area contributed by atoms with Crippen LogP contribution in [0.1, 0.15) is 26.3 Å². The van der Waals surface area contributed by atoms with E-state index < -0.39 is 28.5 Å². The third kappa shape index (κ3) is 7.25. The van der Waals surface area contributed by atoms with Crippen LogP contribution in [0.3, 0.4) is 0 Å². The minimum absolute atomic E-state index is 0.102. The summed E-state index contributed by atoms with van der Waals surface area (Å²) in [5, 5.41) is 3.31. The SMILES string of the molecule is CC(C)NC(=O)[C@@H](C)N(Cc1cccc(Cl)c1)C(=O)CN(c1ccccc1)S(C)(=O)=O. The smallest absolute Gasteiger partial charge is 0.244 e. The molecule has 0 spiro atoms. The number of carbonyl (C=O) groups is 2. The molecule has 0 aliphatic carbocycles. The molecule has 0 heterocycles. The normalized spacial score (nSPS) is 12.3. The lowest BCUT2D eigenvalue weighted by atomic mass is 10.1. The van der Waals surface area contributed by atoms with Gasteiger partial charge in [0.25, 0.3) is 0 Å². The highest BCUT2D eigenvalue weighted by molar-refractivity contribution is 7.92. The molecule has 2 amide bonds. The Labute approximate surface area is 189 Å². The number of rotatable bonds is 9. The molecule has 0 aliphatic rings. The molecule has 1 atom stereocenters. The third-order valence-electron chi connectivity index (χ3n) is 4.56. The van der Waals surface area contributed by atoms with Crippen LogP contribution in [0.15, 0.2) is 54.6 Å². The van der Waals surface area contributed by atoms with Crippen molar-refractivity contribution in [1.82, 2.24) is 10.2 Å². The zero-order valence-electron chi connectivity index (χ0n) is 18.1. The number of hydrogen-bond acceptors (Lipinski definition) is 4. The van der Waals surface area contributed by atoms with Crippen molar-refractivity contribution in [1.29, 1.82) is 0 Å². The second-order valence-corrected chi connectivity index (χ2v) is 9.94. The van der Waals surface area contributed by atoms with Crippen LogP contribution in [0, 0.1) is 0 Å². The highest BCUT2D eigenvalue weighted by Gasteiger charge is 2.30. The molecule has 2 rings (SSSR count). The lowest BCUT2D eigenvalue weighted by Crippen LogP contribution is -2.52. The number of halogens is 1. The Bertz CT molecular complexity index is 1010. The van der Waals surface area contributed by atoms with Crippen molar-refractivity contribution >= 4 is 39.1 Å². The zero-order valence-corrected chi connectivity index (χ0v) is 19.7. The topological polar surface area (TPSA) is 86.8 Å². The van der Waals surface area contributed by atoms with Crippen LogP contribution in [0.25, 0.3) is 0 Å². The number of benzene rings is 2. The molecule has 0 bridgehead atoms. The highest BCUT2D eigenvalue weighted by atomic mass is 35.5. The van der Waals surface area contributed by atoms with E-state index in [1.165, 1.54) is 4.90 Å². The summed E-state index contributed by atoms with van der Waals surface area (Å²) in [4.78, 5) is 27.3. The van der Waals surface area contributed by atoms with Crippen molar-refractivity contribution in [2.24, 2.45) is 0 Å². The quantitative estimate of drug-likeness (QED) is 0.616. The summed E-state index contributed by atoms with van der Waals surface area (Å²) < 4.78 is 25.8. The third-order valence-corrected chi connectivity index (χ3v) is 5.94. The monoisotopic (exact) mass is 465 g/mol. The van der Waals surface area contributed by atoms with E-state index >= 15 is 0 Å². The molecule has 0 saturated heterocycles. The first-order chi connectivity index (χ1) is 14.5. The summed E-state index contributed by atoms with van der Waals surface area (Å²) in [6.45, 7) is 4.96. The van der Waals surface area contributed by atoms with E-state index in [1.807, 2.05) is 13.8 Å². The van der Waals surface area contributed by atoms with Crippen molar-refractivity contribution in [2.75, 3.05) is 17.1 Å². The molecule has 0 aliphatic heterocycles. The van der Waals surface area contributed by atoms with Crippen LogP contribution in [0.2, 0.25) is 5.02 Å². The van der Waals surface area contributed by atoms with Crippen molar-refractivity contribution in [3.8, 4) is 0 Å². The zero-order chi connectivity index (χ0) is 23.2. The van der Waals surface area contributed by atoms with Gasteiger partial charge in [-0.2, -0.15) is 0 Å². The summed E-state index contributed by atoms with van der Waals surface area (Å²) in [5.74, 6) is -0.823. The first-order valence-electron chi connectivity index (χ1n) is 9.86. The Morgan fingerprint density at radius 2 is 1.68 bits per heavy atom. The largest absolute Gasteiger partial charge is 0.352 e. The van der Waals surface area contributed by atoms with E-state index in [1.54, 1.807) is 61.5 Å². The molecule has 31 heavy (non-hydrogen) atoms. The molecule has 0 aromatic heterocycles. The fourth-order valence-corrected chi connectivity index (χ4v) is 4.09. The Hall–Kier alpha value is -2.58. The van der Waals surface area contributed by atoms with Crippen molar-refractivity contribution < 1.29 is 18.0 Å². The molecule has 0 unspecified atom stereocenters. The molecule has 7 nitrogen and oxygen atoms in total. The Morgan fingerprint density at radius 1 is 1.03 bits per heavy atom. The Balaban J connectivity index is 2.36. The first kappa shape index (κ1) is 24.7. The molecule has 0 saturated carbocycles. The fraction of sp³-hybridized carbons (Fsp3) is 0.364. The number of anilines is 1. The molecular weight excluding hydrogens is 438 g/mol. The second-order valence-electron chi connectivity index (χ2n) is 7.60. The van der Waals surface area contributed by atoms with Gasteiger partial charge in [0.1, 0.15) is 12.6 Å². The summed E-state index contributed by atoms with van der Waals surface area (Å²) in [5.41, 5.74) is 1.11. The van der Waals surface area contributed by atoms with Crippen molar-refractivity contribution in [3.63, 3.8) is 0 Å². The lowest BCUT2D eigenvalue weighted by Gasteiger charge is -2.31. The van der Waals surface area contributed by atoms with Crippen LogP contribution < -0.4 is 9.62 Å². The number of para-hydroxylation sites is 1. The fourth-order valence-electron chi connectivity index (χ4n) is 3.03. The summed E-state index contributed by atoms with van der Waals surface area (Å²) in [6.07, 6.45) is 1.05. The average molecular weight is 466 g/mol. The Kier molecular flexibility index (Phi) is 8.47. The van der Waals surface area contributed by atoms with Crippen LogP contribution in [-0.4, -0.2) is 50.0 Å². The van der Waals surface area contributed by atoms with Crippen LogP contribution in [-0.2, 0) is 26.2 Å². The second kappa shape index (κ2) is 10.6. The molecule has 2 aromatic rings. The van der Waals surface area contributed by atoms with Gasteiger partial charge in [0, 0.05) is 17.6 Å². The number of hydrogen-bond donors (Lipinski definition) is 1. The van der Waals surface area contributed by atoms with Gasteiger partial charge in [-0.05, 0) is 50.6 Å². The number of nitrogens with one attached hydrogen (secondary N) is 1. The molecule has 0 radical (unpaired) electrons. The molecule has 1 N–H and O–H groups in total. The molecular formula is C22H28ClN3O4S. The number of sulfonamides is 1. The van der Waals surface area contributed by atoms with Gasteiger partial charge in [-0.1, -0.05) is 41.9 Å². The highest BCUT2D eigenvalue weighted by Crippen LogP contribution is 2.19. The maximum atomic E-state index is 13.3. The van der Waals surface area contributed by atoms with E-state index in [0.29, 0.717) is 10.7 Å². The van der Waals surface area contributed by atoms with E-state index in [9.17, 15) is 18.0 Å². The molecule has 2 aromatic carbocycles. The van der Waals surface area contributed by atoms with Gasteiger partial charge < -0.3 is 10.2 Å². The summed E-state index contributed by atoms with van der Waals surface area (Å²) in [7, 11) is -3.73. The van der Waals surface area contributed by atoms with E-state index in [0.717, 1.165) is 16.1 Å². The average Bonchev–Trinajstić information content (AvgIpc) is 2.69. The maximum absolute atomic E-state index is 13.3. The standard InChI is InChI=1S/C22H28ClN3O4S/c1-16(2)24-22(28)17(3)25(14-18-9-8-10-19(23)13-18)21(27)15-26(31(4,29)30)20-11-6-5-7-12-20/h5-13,16-17H,14-15H2,1-4H3,(H,24,28)/t17-/m1/s1. The van der Waals surface area contributed by atoms with Crippen LogP contribution in [0.4, 0.5) is 5.69 Å². The van der Waals surface area contributed by atoms with Gasteiger partial charge in [-0.3, -0.25) is 13.9 Å². The van der Waals surface area contributed by atoms with Crippen LogP contribution >= 0.6 is 11.6 Å². The molecule has 168 valence electrons. The Morgan fingerprint density at radius 3 is 2.23 bits per heavy atom. The molecule has 9 heteroatoms. The van der Waals surface area contributed by atoms with Gasteiger partial charge in [-0.15, -0.1) is 0 Å². The van der Waals surface area contributed by atoms with Gasteiger partial charge in [0.2, 0.25) is 21.8 Å². The van der Waals surface area contributed by atoms with E-state index in [2.05, 4.69) is 5.32 Å². The van der Waals surface area contributed by atoms with Gasteiger partial charge >= 0.3 is 0 Å². The van der Waals surface area contributed by atoms with E-state index in [4.69, 9.17) is 11.6 Å². The van der Waals surface area contributed by atoms with Crippen LogP contribution in [0.5, 0.6) is 0 Å². The molecule has 0 fully saturated rings. The van der Waals surface area contributed by atoms with Crippen molar-refractivity contribution in [2.45, 2.75) is 39.4 Å². The minimum atomic E-state index is -3.73. The van der Waals surface area contributed by atoms with Gasteiger partial charge in [-0.25, -0.2) is 8.42 Å². The minimum Gasteiger partial charge on any atom is -0.352 e. The number of carbonyl (C=O) groups excluding carboxylic acids is 2. The predicted molar refractivity (Wildman–Crippen MR) is 123 cm³/mol. The number of amides is 2. The van der Waals surface area contributed by atoms with Crippen molar-refractivity contribution in [3.05, 3.63) is 65.2 Å². The first-order valence-corrected chi connectivity index (χ1v) is 12.1. The summed E-state index contributed by atoms with van der Waals surface area (Å²) in [6, 6.07) is 14.4. The summed E-state index contributed by atoms with van der Waals surface area (Å²) >= 11 is 6.07. The predicted octanol–water partition coefficient (Wildman–Crippen LogP) is 3.05.